The van der Waals surface area contributed by atoms with Crippen LogP contribution in [-0.2, 0) is 16.2 Å². The number of benzene rings is 4. The smallest absolute Gasteiger partial charge is 0.300 e. The third kappa shape index (κ3) is 6.41. The fourth-order valence-electron chi connectivity index (χ4n) is 5.13. The summed E-state index contributed by atoms with van der Waals surface area (Å²) in [5.74, 6) is 0.237. The number of aryl methyl sites for hydroxylation is 1. The van der Waals surface area contributed by atoms with E-state index < -0.39 is 17.7 Å². The molecule has 1 unspecified atom stereocenters. The number of rotatable bonds is 10. The molecule has 0 spiro atoms. The van der Waals surface area contributed by atoms with Crippen LogP contribution in [0.4, 0.5) is 5.69 Å². The van der Waals surface area contributed by atoms with Crippen LogP contribution < -0.4 is 19.1 Å². The van der Waals surface area contributed by atoms with Gasteiger partial charge in [-0.15, -0.1) is 0 Å². The third-order valence-corrected chi connectivity index (χ3v) is 7.12. The molecule has 43 heavy (non-hydrogen) atoms. The molecule has 4 aromatic carbocycles. The highest BCUT2D eigenvalue weighted by molar-refractivity contribution is 6.51. The highest BCUT2D eigenvalue weighted by Gasteiger charge is 2.47. The summed E-state index contributed by atoms with van der Waals surface area (Å²) in [6, 6.07) is 28.4. The zero-order valence-electron chi connectivity index (χ0n) is 24.7. The second kappa shape index (κ2) is 12.9. The van der Waals surface area contributed by atoms with Gasteiger partial charge in [0.1, 0.15) is 29.6 Å². The second-order valence-corrected chi connectivity index (χ2v) is 10.6. The number of aliphatic hydroxyl groups is 1. The average molecular weight is 578 g/mol. The van der Waals surface area contributed by atoms with Gasteiger partial charge < -0.3 is 19.3 Å². The molecule has 7 nitrogen and oxygen atoms in total. The van der Waals surface area contributed by atoms with Crippen molar-refractivity contribution in [3.63, 3.8) is 0 Å². The van der Waals surface area contributed by atoms with Crippen LogP contribution in [-0.4, -0.2) is 29.5 Å². The van der Waals surface area contributed by atoms with E-state index in [-0.39, 0.29) is 17.4 Å². The van der Waals surface area contributed by atoms with Crippen LogP contribution in [0.1, 0.15) is 49.1 Å². The van der Waals surface area contributed by atoms with E-state index in [1.54, 1.807) is 54.6 Å². The Balaban J connectivity index is 1.54. The van der Waals surface area contributed by atoms with Crippen LogP contribution in [0.15, 0.2) is 103 Å². The summed E-state index contributed by atoms with van der Waals surface area (Å²) in [5.41, 5.74) is 3.41. The van der Waals surface area contributed by atoms with Crippen molar-refractivity contribution < 1.29 is 28.9 Å². The summed E-state index contributed by atoms with van der Waals surface area (Å²) in [6.07, 6.45) is -0.0109. The fraction of sp³-hybridized carbons (Fsp3) is 0.222. The number of carbonyl (C=O) groups is 2. The lowest BCUT2D eigenvalue weighted by Crippen LogP contribution is -2.29. The minimum Gasteiger partial charge on any atom is -0.507 e. The zero-order chi connectivity index (χ0) is 30.5. The largest absolute Gasteiger partial charge is 0.507 e. The first-order valence-electron chi connectivity index (χ1n) is 14.3. The van der Waals surface area contributed by atoms with Crippen LogP contribution in [0.2, 0.25) is 0 Å². The molecule has 7 heteroatoms. The summed E-state index contributed by atoms with van der Waals surface area (Å²) in [4.78, 5) is 28.6. The van der Waals surface area contributed by atoms with Crippen LogP contribution in [0.3, 0.4) is 0 Å². The number of ether oxygens (including phenoxy) is 3. The lowest BCUT2D eigenvalue weighted by molar-refractivity contribution is -0.132. The standard InChI is InChI=1S/C36H35NO6/c1-5-41-29-18-14-28(15-19-29)37-33(26-11-16-30(17-12-26)43-23(2)3)32(35(39)36(37)40)34(38)27-13-20-31(24(4)21-27)42-22-25-9-7-6-8-10-25/h6-21,23,33,38H,5,22H2,1-4H3/b34-32-. The molecule has 0 aliphatic carbocycles. The Bertz CT molecular complexity index is 1630. The minimum atomic E-state index is -0.861. The number of hydrogen-bond donors (Lipinski definition) is 1. The van der Waals surface area contributed by atoms with Crippen LogP contribution in [0.5, 0.6) is 17.2 Å². The topological polar surface area (TPSA) is 85.3 Å². The van der Waals surface area contributed by atoms with Gasteiger partial charge in [-0.2, -0.15) is 0 Å². The summed E-state index contributed by atoms with van der Waals surface area (Å²) in [5, 5.41) is 11.6. The lowest BCUT2D eigenvalue weighted by Gasteiger charge is -2.26. The van der Waals surface area contributed by atoms with Gasteiger partial charge in [0.15, 0.2) is 0 Å². The van der Waals surface area contributed by atoms with E-state index in [0.717, 1.165) is 11.1 Å². The number of carbonyl (C=O) groups excluding carboxylic acids is 2. The van der Waals surface area contributed by atoms with E-state index in [2.05, 4.69) is 0 Å². The number of nitrogens with zero attached hydrogens (tertiary/aromatic N) is 1. The molecule has 1 N–H and O–H groups in total. The third-order valence-electron chi connectivity index (χ3n) is 7.12. The zero-order valence-corrected chi connectivity index (χ0v) is 24.7. The second-order valence-electron chi connectivity index (χ2n) is 10.6. The predicted octanol–water partition coefficient (Wildman–Crippen LogP) is 7.39. The Morgan fingerprint density at radius 1 is 0.860 bits per heavy atom. The van der Waals surface area contributed by atoms with E-state index in [1.165, 1.54) is 4.90 Å². The summed E-state index contributed by atoms with van der Waals surface area (Å²) < 4.78 is 17.4. The molecular weight excluding hydrogens is 542 g/mol. The van der Waals surface area contributed by atoms with E-state index in [1.807, 2.05) is 70.2 Å². The number of Topliss-reactive ketones (excluding diaryl/α,β-unsaturated/α-hetero) is 1. The van der Waals surface area contributed by atoms with Crippen molar-refractivity contribution in [3.8, 4) is 17.2 Å². The number of amides is 1. The van der Waals surface area contributed by atoms with Gasteiger partial charge in [-0.1, -0.05) is 42.5 Å². The van der Waals surface area contributed by atoms with Crippen molar-refractivity contribution in [3.05, 3.63) is 125 Å². The molecule has 1 atom stereocenters. The molecule has 1 amide bonds. The van der Waals surface area contributed by atoms with Crippen molar-refractivity contribution in [2.45, 2.75) is 46.4 Å². The lowest BCUT2D eigenvalue weighted by atomic mass is 9.94. The van der Waals surface area contributed by atoms with Gasteiger partial charge in [-0.3, -0.25) is 14.5 Å². The summed E-state index contributed by atoms with van der Waals surface area (Å²) >= 11 is 0. The van der Waals surface area contributed by atoms with Crippen molar-refractivity contribution in [1.82, 2.24) is 0 Å². The Labute approximate surface area is 252 Å². The maximum absolute atomic E-state index is 13.6. The van der Waals surface area contributed by atoms with E-state index in [9.17, 15) is 14.7 Å². The predicted molar refractivity (Wildman–Crippen MR) is 167 cm³/mol. The number of hydrogen-bond acceptors (Lipinski definition) is 6. The molecule has 1 aliphatic heterocycles. The number of anilines is 1. The fourth-order valence-corrected chi connectivity index (χ4v) is 5.13. The van der Waals surface area contributed by atoms with Crippen LogP contribution in [0.25, 0.3) is 5.76 Å². The molecule has 5 rings (SSSR count). The van der Waals surface area contributed by atoms with Crippen LogP contribution in [0, 0.1) is 6.92 Å². The summed E-state index contributed by atoms with van der Waals surface area (Å²) in [7, 11) is 0. The first-order chi connectivity index (χ1) is 20.8. The minimum absolute atomic E-state index is 0.00812. The molecule has 0 aromatic heterocycles. The maximum Gasteiger partial charge on any atom is 0.300 e. The van der Waals surface area contributed by atoms with Crippen molar-refractivity contribution in [1.29, 1.82) is 0 Å². The highest BCUT2D eigenvalue weighted by atomic mass is 16.5. The first-order valence-corrected chi connectivity index (χ1v) is 14.3. The maximum atomic E-state index is 13.6. The number of ketones is 1. The molecule has 1 fully saturated rings. The molecule has 1 heterocycles. The normalized spacial score (nSPS) is 16.0. The Hall–Kier alpha value is -5.04. The van der Waals surface area contributed by atoms with Crippen molar-refractivity contribution in [2.75, 3.05) is 11.5 Å². The van der Waals surface area contributed by atoms with E-state index in [0.29, 0.717) is 47.3 Å². The van der Waals surface area contributed by atoms with E-state index >= 15 is 0 Å². The summed E-state index contributed by atoms with van der Waals surface area (Å²) in [6.45, 7) is 8.55. The highest BCUT2D eigenvalue weighted by Crippen LogP contribution is 2.43. The molecule has 0 saturated carbocycles. The van der Waals surface area contributed by atoms with Gasteiger partial charge in [0.05, 0.1) is 24.3 Å². The van der Waals surface area contributed by atoms with Gasteiger partial charge >= 0.3 is 0 Å². The quantitative estimate of drug-likeness (QED) is 0.120. The Kier molecular flexibility index (Phi) is 8.81. The monoisotopic (exact) mass is 577 g/mol. The van der Waals surface area contributed by atoms with Crippen molar-refractivity contribution in [2.24, 2.45) is 0 Å². The molecule has 1 aliphatic rings. The first kappa shape index (κ1) is 29.5. The molecular formula is C36H35NO6. The Morgan fingerprint density at radius 3 is 2.16 bits per heavy atom. The van der Waals surface area contributed by atoms with Gasteiger partial charge in [0.25, 0.3) is 11.7 Å². The van der Waals surface area contributed by atoms with Crippen molar-refractivity contribution >= 4 is 23.1 Å². The van der Waals surface area contributed by atoms with Gasteiger partial charge in [0, 0.05) is 11.3 Å². The molecule has 220 valence electrons. The SMILES string of the molecule is CCOc1ccc(N2C(=O)C(=O)/C(=C(\O)c3ccc(OCc4ccccc4)c(C)c3)C2c2ccc(OC(C)C)cc2)cc1. The van der Waals surface area contributed by atoms with Gasteiger partial charge in [-0.25, -0.2) is 0 Å². The molecule has 1 saturated heterocycles. The van der Waals surface area contributed by atoms with Gasteiger partial charge in [-0.05, 0) is 99.0 Å². The average Bonchev–Trinajstić information content (AvgIpc) is 3.27. The van der Waals surface area contributed by atoms with Gasteiger partial charge in [0.2, 0.25) is 0 Å². The molecule has 0 bridgehead atoms. The Morgan fingerprint density at radius 2 is 1.53 bits per heavy atom. The molecule has 0 radical (unpaired) electrons. The van der Waals surface area contributed by atoms with Crippen LogP contribution >= 0.6 is 0 Å². The number of aliphatic hydroxyl groups excluding tert-OH is 1. The van der Waals surface area contributed by atoms with E-state index in [4.69, 9.17) is 14.2 Å². The molecule has 4 aromatic rings.